The second kappa shape index (κ2) is 8.54. The Kier molecular flexibility index (Phi) is 6.11. The van der Waals surface area contributed by atoms with Gasteiger partial charge in [-0.2, -0.15) is 0 Å². The summed E-state index contributed by atoms with van der Waals surface area (Å²) >= 11 is 0. The number of aryl methyl sites for hydroxylation is 2. The summed E-state index contributed by atoms with van der Waals surface area (Å²) in [5.41, 5.74) is 2.44. The molecule has 1 fully saturated rings. The van der Waals surface area contributed by atoms with E-state index in [1.54, 1.807) is 12.1 Å². The molecule has 0 saturated carbocycles. The molecular formula is C21H28FN5O. The van der Waals surface area contributed by atoms with Crippen LogP contribution < -0.4 is 10.2 Å². The number of amides is 2. The van der Waals surface area contributed by atoms with E-state index >= 15 is 0 Å². The Morgan fingerprint density at radius 1 is 1.14 bits per heavy atom. The van der Waals surface area contributed by atoms with E-state index in [2.05, 4.69) is 20.2 Å². The van der Waals surface area contributed by atoms with Gasteiger partial charge in [-0.3, -0.25) is 0 Å². The van der Waals surface area contributed by atoms with Crippen LogP contribution in [0.3, 0.4) is 0 Å². The van der Waals surface area contributed by atoms with Crippen molar-refractivity contribution in [2.45, 2.75) is 40.2 Å². The van der Waals surface area contributed by atoms with Gasteiger partial charge in [0.25, 0.3) is 0 Å². The standard InChI is InChI=1S/C21H28FN5O/c1-14(2)23-21(28)27-11-9-26(10-12-27)20-18(15(3)24-16(4)25-20)13-17-7-5-6-8-19(17)22/h5-8,14H,9-13H2,1-4H3,(H,23,28). The lowest BCUT2D eigenvalue weighted by atomic mass is 10.0. The van der Waals surface area contributed by atoms with Crippen molar-refractivity contribution in [1.82, 2.24) is 20.2 Å². The van der Waals surface area contributed by atoms with Crippen LogP contribution in [0.5, 0.6) is 0 Å². The number of nitrogens with one attached hydrogen (secondary N) is 1. The molecule has 6 nitrogen and oxygen atoms in total. The van der Waals surface area contributed by atoms with Gasteiger partial charge < -0.3 is 15.1 Å². The molecule has 1 aliphatic heterocycles. The summed E-state index contributed by atoms with van der Waals surface area (Å²) in [5, 5.41) is 2.94. The molecule has 0 bridgehead atoms. The lowest BCUT2D eigenvalue weighted by Crippen LogP contribution is -2.53. The van der Waals surface area contributed by atoms with Crippen molar-refractivity contribution < 1.29 is 9.18 Å². The average Bonchev–Trinajstić information content (AvgIpc) is 2.65. The molecule has 2 aromatic rings. The van der Waals surface area contributed by atoms with E-state index in [9.17, 15) is 9.18 Å². The summed E-state index contributed by atoms with van der Waals surface area (Å²) in [6.07, 6.45) is 0.447. The molecule has 1 saturated heterocycles. The molecule has 3 rings (SSSR count). The lowest BCUT2D eigenvalue weighted by Gasteiger charge is -2.36. The first kappa shape index (κ1) is 20.0. The van der Waals surface area contributed by atoms with Gasteiger partial charge in [-0.05, 0) is 39.3 Å². The smallest absolute Gasteiger partial charge is 0.317 e. The van der Waals surface area contributed by atoms with Crippen LogP contribution in [0.25, 0.3) is 0 Å². The summed E-state index contributed by atoms with van der Waals surface area (Å²) in [6, 6.07) is 6.90. The SMILES string of the molecule is Cc1nc(C)c(Cc2ccccc2F)c(N2CCN(C(=O)NC(C)C)CC2)n1. The van der Waals surface area contributed by atoms with Crippen LogP contribution in [0.2, 0.25) is 0 Å². The number of hydrogen-bond acceptors (Lipinski definition) is 4. The largest absolute Gasteiger partial charge is 0.353 e. The number of benzene rings is 1. The Hall–Kier alpha value is -2.70. The van der Waals surface area contributed by atoms with Crippen molar-refractivity contribution in [3.63, 3.8) is 0 Å². The van der Waals surface area contributed by atoms with Crippen LogP contribution in [-0.4, -0.2) is 53.1 Å². The molecule has 0 unspecified atom stereocenters. The molecule has 0 radical (unpaired) electrons. The number of carbonyl (C=O) groups excluding carboxylic acids is 1. The fourth-order valence-electron chi connectivity index (χ4n) is 3.48. The van der Waals surface area contributed by atoms with Gasteiger partial charge in [0.2, 0.25) is 0 Å². The van der Waals surface area contributed by atoms with Crippen molar-refractivity contribution >= 4 is 11.8 Å². The number of aromatic nitrogens is 2. The van der Waals surface area contributed by atoms with Crippen molar-refractivity contribution in [2.75, 3.05) is 31.1 Å². The monoisotopic (exact) mass is 385 g/mol. The molecule has 0 spiro atoms. The minimum Gasteiger partial charge on any atom is -0.353 e. The van der Waals surface area contributed by atoms with Gasteiger partial charge in [-0.15, -0.1) is 0 Å². The highest BCUT2D eigenvalue weighted by Crippen LogP contribution is 2.26. The van der Waals surface area contributed by atoms with Crippen LogP contribution >= 0.6 is 0 Å². The van der Waals surface area contributed by atoms with Crippen molar-refractivity contribution in [2.24, 2.45) is 0 Å². The van der Waals surface area contributed by atoms with Gasteiger partial charge in [-0.25, -0.2) is 19.2 Å². The highest BCUT2D eigenvalue weighted by atomic mass is 19.1. The number of hydrogen-bond donors (Lipinski definition) is 1. The Labute approximate surface area is 165 Å². The van der Waals surface area contributed by atoms with Gasteiger partial charge in [-0.1, -0.05) is 18.2 Å². The predicted octanol–water partition coefficient (Wildman–Crippen LogP) is 3.06. The van der Waals surface area contributed by atoms with E-state index in [0.717, 1.165) is 17.1 Å². The molecule has 0 atom stereocenters. The molecule has 28 heavy (non-hydrogen) atoms. The molecule has 2 amide bonds. The third-order valence-electron chi connectivity index (χ3n) is 4.91. The van der Waals surface area contributed by atoms with Crippen LogP contribution in [0, 0.1) is 19.7 Å². The number of urea groups is 1. The first-order valence-corrected chi connectivity index (χ1v) is 9.73. The van der Waals surface area contributed by atoms with E-state index in [4.69, 9.17) is 0 Å². The number of halogens is 1. The maximum absolute atomic E-state index is 14.2. The topological polar surface area (TPSA) is 61.4 Å². The predicted molar refractivity (Wildman–Crippen MR) is 108 cm³/mol. The van der Waals surface area contributed by atoms with Gasteiger partial charge in [0.15, 0.2) is 0 Å². The van der Waals surface area contributed by atoms with Crippen molar-refractivity contribution in [3.05, 3.63) is 52.7 Å². The number of rotatable bonds is 4. The zero-order valence-electron chi connectivity index (χ0n) is 17.0. The molecule has 0 aliphatic carbocycles. The minimum absolute atomic E-state index is 0.0312. The van der Waals surface area contributed by atoms with Gasteiger partial charge in [0.05, 0.1) is 0 Å². The maximum atomic E-state index is 14.2. The van der Waals surface area contributed by atoms with Gasteiger partial charge in [0.1, 0.15) is 17.5 Å². The first-order valence-electron chi connectivity index (χ1n) is 9.73. The van der Waals surface area contributed by atoms with Crippen molar-refractivity contribution in [3.8, 4) is 0 Å². The van der Waals surface area contributed by atoms with E-state index in [-0.39, 0.29) is 17.9 Å². The quantitative estimate of drug-likeness (QED) is 0.879. The Morgan fingerprint density at radius 3 is 2.46 bits per heavy atom. The zero-order valence-corrected chi connectivity index (χ0v) is 17.0. The summed E-state index contributed by atoms with van der Waals surface area (Å²) in [6.45, 7) is 10.3. The molecule has 2 heterocycles. The minimum atomic E-state index is -0.219. The van der Waals surface area contributed by atoms with Gasteiger partial charge in [0, 0.05) is 49.9 Å². The average molecular weight is 385 g/mol. The molecule has 7 heteroatoms. The molecular weight excluding hydrogens is 357 g/mol. The van der Waals surface area contributed by atoms with Crippen LogP contribution in [-0.2, 0) is 6.42 Å². The van der Waals surface area contributed by atoms with Crippen LogP contribution in [0.15, 0.2) is 24.3 Å². The second-order valence-electron chi connectivity index (χ2n) is 7.50. The molecule has 1 aliphatic rings. The fraction of sp³-hybridized carbons (Fsp3) is 0.476. The molecule has 1 N–H and O–H groups in total. The number of piperazine rings is 1. The summed E-state index contributed by atoms with van der Waals surface area (Å²) in [4.78, 5) is 25.4. The second-order valence-corrected chi connectivity index (χ2v) is 7.50. The van der Waals surface area contributed by atoms with Crippen LogP contribution in [0.4, 0.5) is 15.0 Å². The maximum Gasteiger partial charge on any atom is 0.317 e. The van der Waals surface area contributed by atoms with E-state index in [1.165, 1.54) is 6.07 Å². The third-order valence-corrected chi connectivity index (χ3v) is 4.91. The van der Waals surface area contributed by atoms with E-state index < -0.39 is 0 Å². The highest BCUT2D eigenvalue weighted by Gasteiger charge is 2.25. The van der Waals surface area contributed by atoms with E-state index in [1.807, 2.05) is 38.7 Å². The lowest BCUT2D eigenvalue weighted by molar-refractivity contribution is 0.191. The van der Waals surface area contributed by atoms with E-state index in [0.29, 0.717) is 44.0 Å². The highest BCUT2D eigenvalue weighted by molar-refractivity contribution is 5.74. The number of nitrogens with zero attached hydrogens (tertiary/aromatic N) is 4. The molecule has 1 aromatic carbocycles. The molecule has 1 aromatic heterocycles. The first-order chi connectivity index (χ1) is 13.3. The Bertz CT molecular complexity index is 847. The summed E-state index contributed by atoms with van der Waals surface area (Å²) < 4.78 is 14.2. The number of anilines is 1. The molecule has 150 valence electrons. The van der Waals surface area contributed by atoms with Gasteiger partial charge >= 0.3 is 6.03 Å². The Balaban J connectivity index is 1.81. The fourth-order valence-corrected chi connectivity index (χ4v) is 3.48. The Morgan fingerprint density at radius 2 is 1.82 bits per heavy atom. The number of carbonyl (C=O) groups is 1. The van der Waals surface area contributed by atoms with Crippen molar-refractivity contribution in [1.29, 1.82) is 0 Å². The summed E-state index contributed by atoms with van der Waals surface area (Å²) in [5.74, 6) is 1.32. The normalized spacial score (nSPS) is 14.5. The summed E-state index contributed by atoms with van der Waals surface area (Å²) in [7, 11) is 0. The van der Waals surface area contributed by atoms with Crippen LogP contribution in [0.1, 0.15) is 36.5 Å². The third kappa shape index (κ3) is 4.58. The zero-order chi connectivity index (χ0) is 20.3.